The van der Waals surface area contributed by atoms with Crippen molar-refractivity contribution in [3.05, 3.63) is 30.1 Å². The highest BCUT2D eigenvalue weighted by Gasteiger charge is 2.21. The fraction of sp³-hybridized carbons (Fsp3) is 0.417. The summed E-state index contributed by atoms with van der Waals surface area (Å²) in [6.45, 7) is 1.78. The summed E-state index contributed by atoms with van der Waals surface area (Å²) < 4.78 is 4.77. The molecule has 0 saturated carbocycles. The van der Waals surface area contributed by atoms with E-state index in [1.165, 1.54) is 4.90 Å². The molecule has 2 rings (SSSR count). The van der Waals surface area contributed by atoms with Crippen LogP contribution in [0, 0.1) is 0 Å². The van der Waals surface area contributed by atoms with Crippen molar-refractivity contribution in [1.29, 1.82) is 0 Å². The largest absolute Gasteiger partial charge is 0.448 e. The van der Waals surface area contributed by atoms with Crippen LogP contribution in [0.4, 0.5) is 4.79 Å². The first-order valence-electron chi connectivity index (χ1n) is 5.84. The summed E-state index contributed by atoms with van der Waals surface area (Å²) in [5.41, 5.74) is 0.812. The number of rotatable bonds is 5. The lowest BCUT2D eigenvalue weighted by Crippen LogP contribution is -2.31. The van der Waals surface area contributed by atoms with Gasteiger partial charge in [-0.15, -0.1) is 0 Å². The van der Waals surface area contributed by atoms with E-state index in [1.54, 1.807) is 6.20 Å². The minimum atomic E-state index is -0.340. The standard InChI is InChI=1S/C12H15N3O3/c16-11(4-6-15-7-8-18-12(15)17)14-9-10-3-1-2-5-13-10/h1-3,5H,4,6-9H2,(H,14,16). The van der Waals surface area contributed by atoms with Crippen LogP contribution in [0.1, 0.15) is 12.1 Å². The van der Waals surface area contributed by atoms with Crippen LogP contribution in [0.2, 0.25) is 0 Å². The quantitative estimate of drug-likeness (QED) is 0.826. The number of hydrogen-bond donors (Lipinski definition) is 1. The molecule has 1 fully saturated rings. The first-order chi connectivity index (χ1) is 8.75. The number of ether oxygens (including phenoxy) is 1. The van der Waals surface area contributed by atoms with Crippen LogP contribution in [-0.4, -0.2) is 41.6 Å². The zero-order chi connectivity index (χ0) is 12.8. The topological polar surface area (TPSA) is 71.5 Å². The number of carbonyl (C=O) groups is 2. The van der Waals surface area contributed by atoms with Crippen molar-refractivity contribution in [2.24, 2.45) is 0 Å². The summed E-state index contributed by atoms with van der Waals surface area (Å²) in [4.78, 5) is 28.3. The predicted octanol–water partition coefficient (Wildman–Crippen LogP) is 0.540. The minimum absolute atomic E-state index is 0.0969. The molecule has 0 radical (unpaired) electrons. The summed E-state index contributed by atoms with van der Waals surface area (Å²) in [5.74, 6) is -0.0969. The molecule has 0 unspecified atom stereocenters. The van der Waals surface area contributed by atoms with E-state index >= 15 is 0 Å². The SMILES string of the molecule is O=C(CCN1CCOC1=O)NCc1ccccn1. The summed E-state index contributed by atoms with van der Waals surface area (Å²) in [7, 11) is 0. The van der Waals surface area contributed by atoms with E-state index in [-0.39, 0.29) is 18.4 Å². The van der Waals surface area contributed by atoms with E-state index in [9.17, 15) is 9.59 Å². The predicted molar refractivity (Wildman–Crippen MR) is 63.6 cm³/mol. The third-order valence-electron chi connectivity index (χ3n) is 2.65. The van der Waals surface area contributed by atoms with Crippen molar-refractivity contribution in [3.8, 4) is 0 Å². The van der Waals surface area contributed by atoms with Gasteiger partial charge in [-0.1, -0.05) is 6.07 Å². The van der Waals surface area contributed by atoms with Crippen molar-refractivity contribution < 1.29 is 14.3 Å². The number of cyclic esters (lactones) is 1. The van der Waals surface area contributed by atoms with Crippen LogP contribution in [-0.2, 0) is 16.1 Å². The Morgan fingerprint density at radius 3 is 3.06 bits per heavy atom. The molecule has 96 valence electrons. The molecule has 0 spiro atoms. The van der Waals surface area contributed by atoms with Gasteiger partial charge in [-0.05, 0) is 12.1 Å². The second-order valence-electron chi connectivity index (χ2n) is 3.95. The number of aromatic nitrogens is 1. The molecule has 1 saturated heterocycles. The molecule has 1 N–H and O–H groups in total. The fourth-order valence-corrected chi connectivity index (χ4v) is 1.65. The highest BCUT2D eigenvalue weighted by Crippen LogP contribution is 2.03. The molecule has 2 amide bonds. The molecule has 1 aliphatic rings. The van der Waals surface area contributed by atoms with Gasteiger partial charge in [0, 0.05) is 19.2 Å². The van der Waals surface area contributed by atoms with Crippen molar-refractivity contribution in [3.63, 3.8) is 0 Å². The Morgan fingerprint density at radius 1 is 1.50 bits per heavy atom. The number of nitrogens with one attached hydrogen (secondary N) is 1. The lowest BCUT2D eigenvalue weighted by Gasteiger charge is -2.11. The van der Waals surface area contributed by atoms with E-state index in [0.29, 0.717) is 26.2 Å². The Kier molecular flexibility index (Phi) is 4.11. The molecule has 0 bridgehead atoms. The highest BCUT2D eigenvalue weighted by molar-refractivity contribution is 5.77. The molecule has 6 nitrogen and oxygen atoms in total. The van der Waals surface area contributed by atoms with Gasteiger partial charge in [0.2, 0.25) is 5.91 Å². The van der Waals surface area contributed by atoms with E-state index in [1.807, 2.05) is 18.2 Å². The smallest absolute Gasteiger partial charge is 0.409 e. The van der Waals surface area contributed by atoms with Crippen LogP contribution < -0.4 is 5.32 Å². The molecule has 1 aromatic heterocycles. The zero-order valence-corrected chi connectivity index (χ0v) is 9.96. The molecule has 0 aliphatic carbocycles. The molecule has 1 aliphatic heterocycles. The summed E-state index contributed by atoms with van der Waals surface area (Å²) in [5, 5.41) is 2.76. The average Bonchev–Trinajstić information content (AvgIpc) is 2.81. The van der Waals surface area contributed by atoms with Gasteiger partial charge < -0.3 is 15.0 Å². The number of nitrogens with zero attached hydrogens (tertiary/aromatic N) is 2. The normalized spacial score (nSPS) is 14.4. The number of carbonyl (C=O) groups excluding carboxylic acids is 2. The monoisotopic (exact) mass is 249 g/mol. The van der Waals surface area contributed by atoms with E-state index in [0.717, 1.165) is 5.69 Å². The zero-order valence-electron chi connectivity index (χ0n) is 9.96. The Hall–Kier alpha value is -2.11. The number of amides is 2. The maximum Gasteiger partial charge on any atom is 0.409 e. The molecular weight excluding hydrogens is 234 g/mol. The van der Waals surface area contributed by atoms with Crippen molar-refractivity contribution in [2.75, 3.05) is 19.7 Å². The summed E-state index contributed by atoms with van der Waals surface area (Å²) in [6, 6.07) is 5.54. The lowest BCUT2D eigenvalue weighted by atomic mass is 10.3. The van der Waals surface area contributed by atoms with E-state index < -0.39 is 0 Å². The molecular formula is C12H15N3O3. The van der Waals surface area contributed by atoms with Crippen LogP contribution in [0.25, 0.3) is 0 Å². The Balaban J connectivity index is 1.68. The molecule has 1 aromatic rings. The Morgan fingerprint density at radius 2 is 2.39 bits per heavy atom. The van der Waals surface area contributed by atoms with Gasteiger partial charge in [0.15, 0.2) is 0 Å². The van der Waals surface area contributed by atoms with E-state index in [4.69, 9.17) is 4.74 Å². The van der Waals surface area contributed by atoms with Crippen LogP contribution >= 0.6 is 0 Å². The average molecular weight is 249 g/mol. The number of hydrogen-bond acceptors (Lipinski definition) is 4. The van der Waals surface area contributed by atoms with Gasteiger partial charge >= 0.3 is 6.09 Å². The third kappa shape index (κ3) is 3.44. The Bertz CT molecular complexity index is 422. The Labute approximate surface area is 105 Å². The minimum Gasteiger partial charge on any atom is -0.448 e. The van der Waals surface area contributed by atoms with Crippen molar-refractivity contribution in [2.45, 2.75) is 13.0 Å². The molecule has 2 heterocycles. The van der Waals surface area contributed by atoms with Gasteiger partial charge in [0.25, 0.3) is 0 Å². The van der Waals surface area contributed by atoms with Crippen LogP contribution in [0.5, 0.6) is 0 Å². The maximum atomic E-state index is 11.6. The molecule has 0 atom stereocenters. The highest BCUT2D eigenvalue weighted by atomic mass is 16.6. The second-order valence-corrected chi connectivity index (χ2v) is 3.95. The van der Waals surface area contributed by atoms with Crippen molar-refractivity contribution >= 4 is 12.0 Å². The van der Waals surface area contributed by atoms with Gasteiger partial charge in [-0.25, -0.2) is 4.79 Å². The lowest BCUT2D eigenvalue weighted by molar-refractivity contribution is -0.121. The fourth-order valence-electron chi connectivity index (χ4n) is 1.65. The molecule has 0 aromatic carbocycles. The first-order valence-corrected chi connectivity index (χ1v) is 5.84. The van der Waals surface area contributed by atoms with Gasteiger partial charge in [0.1, 0.15) is 6.61 Å². The first kappa shape index (κ1) is 12.3. The summed E-state index contributed by atoms with van der Waals surface area (Å²) >= 11 is 0. The van der Waals surface area contributed by atoms with Gasteiger partial charge in [0.05, 0.1) is 18.8 Å². The maximum absolute atomic E-state index is 11.6. The third-order valence-corrected chi connectivity index (χ3v) is 2.65. The number of pyridine rings is 1. The van der Waals surface area contributed by atoms with Crippen LogP contribution in [0.3, 0.4) is 0 Å². The van der Waals surface area contributed by atoms with Crippen LogP contribution in [0.15, 0.2) is 24.4 Å². The van der Waals surface area contributed by atoms with Gasteiger partial charge in [-0.2, -0.15) is 0 Å². The van der Waals surface area contributed by atoms with Gasteiger partial charge in [-0.3, -0.25) is 9.78 Å². The molecule has 18 heavy (non-hydrogen) atoms. The molecule has 6 heteroatoms. The second kappa shape index (κ2) is 6.00. The summed E-state index contributed by atoms with van der Waals surface area (Å²) in [6.07, 6.45) is 1.62. The van der Waals surface area contributed by atoms with Crippen molar-refractivity contribution in [1.82, 2.24) is 15.2 Å². The van der Waals surface area contributed by atoms with E-state index in [2.05, 4.69) is 10.3 Å².